The van der Waals surface area contributed by atoms with Crippen molar-refractivity contribution in [3.63, 3.8) is 0 Å². The molecule has 0 aliphatic carbocycles. The summed E-state index contributed by atoms with van der Waals surface area (Å²) in [6, 6.07) is 1.95. The molecule has 2 heterocycles. The zero-order valence-corrected chi connectivity index (χ0v) is 7.81. The van der Waals surface area contributed by atoms with Gasteiger partial charge in [-0.25, -0.2) is 4.98 Å². The Morgan fingerprint density at radius 3 is 2.64 bits per heavy atom. The van der Waals surface area contributed by atoms with Gasteiger partial charge in [-0.05, 0) is 18.6 Å². The highest BCUT2D eigenvalue weighted by atomic mass is 14.8. The Hall–Kier alpha value is -1.97. The van der Waals surface area contributed by atoms with Gasteiger partial charge in [0.05, 0.1) is 11.9 Å². The SMILES string of the molecule is Cc1cc(-c2cnccn2)cnc1N. The number of nitrogens with zero attached hydrogens (tertiary/aromatic N) is 3. The number of aryl methyl sites for hydroxylation is 1. The van der Waals surface area contributed by atoms with Crippen molar-refractivity contribution >= 4 is 5.82 Å². The second-order valence-electron chi connectivity index (χ2n) is 3.02. The predicted molar refractivity (Wildman–Crippen MR) is 54.4 cm³/mol. The summed E-state index contributed by atoms with van der Waals surface area (Å²) >= 11 is 0. The highest BCUT2D eigenvalue weighted by molar-refractivity contribution is 5.60. The molecule has 0 saturated heterocycles. The van der Waals surface area contributed by atoms with Crippen LogP contribution in [0.15, 0.2) is 30.9 Å². The van der Waals surface area contributed by atoms with E-state index in [1.807, 2.05) is 13.0 Å². The molecule has 0 aliphatic rings. The van der Waals surface area contributed by atoms with Gasteiger partial charge >= 0.3 is 0 Å². The van der Waals surface area contributed by atoms with Gasteiger partial charge < -0.3 is 5.73 Å². The van der Waals surface area contributed by atoms with E-state index in [0.29, 0.717) is 5.82 Å². The van der Waals surface area contributed by atoms with E-state index in [-0.39, 0.29) is 0 Å². The molecule has 0 aliphatic heterocycles. The lowest BCUT2D eigenvalue weighted by atomic mass is 10.1. The summed E-state index contributed by atoms with van der Waals surface area (Å²) in [7, 11) is 0. The number of nitrogen functional groups attached to an aromatic ring is 1. The summed E-state index contributed by atoms with van der Waals surface area (Å²) in [6.45, 7) is 1.92. The molecule has 0 spiro atoms. The van der Waals surface area contributed by atoms with Crippen LogP contribution in [0.2, 0.25) is 0 Å². The van der Waals surface area contributed by atoms with Gasteiger partial charge in [0.25, 0.3) is 0 Å². The second-order valence-corrected chi connectivity index (χ2v) is 3.02. The van der Waals surface area contributed by atoms with Crippen molar-refractivity contribution in [3.8, 4) is 11.3 Å². The molecule has 0 amide bonds. The van der Waals surface area contributed by atoms with Crippen LogP contribution in [-0.2, 0) is 0 Å². The lowest BCUT2D eigenvalue weighted by Crippen LogP contribution is -1.94. The van der Waals surface area contributed by atoms with Gasteiger partial charge in [0.1, 0.15) is 5.82 Å². The lowest BCUT2D eigenvalue weighted by Gasteiger charge is -2.02. The highest BCUT2D eigenvalue weighted by Gasteiger charge is 2.01. The molecular formula is C10H10N4. The summed E-state index contributed by atoms with van der Waals surface area (Å²) < 4.78 is 0. The van der Waals surface area contributed by atoms with Crippen molar-refractivity contribution in [2.75, 3.05) is 5.73 Å². The maximum atomic E-state index is 5.62. The van der Waals surface area contributed by atoms with Crippen molar-refractivity contribution in [2.45, 2.75) is 6.92 Å². The largest absolute Gasteiger partial charge is 0.383 e. The first kappa shape index (κ1) is 8.62. The molecule has 70 valence electrons. The molecule has 0 saturated carbocycles. The number of anilines is 1. The minimum absolute atomic E-state index is 0.553. The molecule has 2 N–H and O–H groups in total. The van der Waals surface area contributed by atoms with Crippen LogP contribution in [0.3, 0.4) is 0 Å². The Bertz CT molecular complexity index is 439. The maximum Gasteiger partial charge on any atom is 0.126 e. The van der Waals surface area contributed by atoms with E-state index >= 15 is 0 Å². The van der Waals surface area contributed by atoms with Crippen molar-refractivity contribution in [3.05, 3.63) is 36.4 Å². The molecule has 0 fully saturated rings. The van der Waals surface area contributed by atoms with Gasteiger partial charge in [-0.15, -0.1) is 0 Å². The molecule has 0 atom stereocenters. The number of rotatable bonds is 1. The first-order valence-electron chi connectivity index (χ1n) is 4.26. The Labute approximate surface area is 81.9 Å². The van der Waals surface area contributed by atoms with Crippen LogP contribution in [0, 0.1) is 6.92 Å². The van der Waals surface area contributed by atoms with Crippen molar-refractivity contribution < 1.29 is 0 Å². The molecule has 0 bridgehead atoms. The van der Waals surface area contributed by atoms with E-state index in [9.17, 15) is 0 Å². The Morgan fingerprint density at radius 2 is 2.00 bits per heavy atom. The van der Waals surface area contributed by atoms with Crippen molar-refractivity contribution in [1.29, 1.82) is 0 Å². The molecular weight excluding hydrogens is 176 g/mol. The zero-order valence-electron chi connectivity index (χ0n) is 7.81. The number of pyridine rings is 1. The van der Waals surface area contributed by atoms with E-state index in [4.69, 9.17) is 5.73 Å². The fourth-order valence-corrected chi connectivity index (χ4v) is 1.17. The van der Waals surface area contributed by atoms with Crippen LogP contribution in [-0.4, -0.2) is 15.0 Å². The van der Waals surface area contributed by atoms with Gasteiger partial charge in [-0.3, -0.25) is 9.97 Å². The first-order valence-corrected chi connectivity index (χ1v) is 4.26. The van der Waals surface area contributed by atoms with Crippen LogP contribution in [0.25, 0.3) is 11.3 Å². The molecule has 0 radical (unpaired) electrons. The van der Waals surface area contributed by atoms with E-state index in [1.165, 1.54) is 0 Å². The van der Waals surface area contributed by atoms with Crippen LogP contribution in [0.5, 0.6) is 0 Å². The van der Waals surface area contributed by atoms with Crippen LogP contribution in [0.1, 0.15) is 5.56 Å². The van der Waals surface area contributed by atoms with Gasteiger partial charge in [0.15, 0.2) is 0 Å². The smallest absolute Gasteiger partial charge is 0.126 e. The monoisotopic (exact) mass is 186 g/mol. The fraction of sp³-hybridized carbons (Fsp3) is 0.100. The first-order chi connectivity index (χ1) is 6.77. The molecule has 2 rings (SSSR count). The number of nitrogens with two attached hydrogens (primary N) is 1. The average Bonchev–Trinajstić information content (AvgIpc) is 2.23. The summed E-state index contributed by atoms with van der Waals surface area (Å²) in [5.41, 5.74) is 8.32. The van der Waals surface area contributed by atoms with Crippen molar-refractivity contribution in [2.24, 2.45) is 0 Å². The summed E-state index contributed by atoms with van der Waals surface area (Å²) in [5, 5.41) is 0. The van der Waals surface area contributed by atoms with Gasteiger partial charge in [-0.1, -0.05) is 0 Å². The van der Waals surface area contributed by atoms with Crippen LogP contribution < -0.4 is 5.73 Å². The third-order valence-corrected chi connectivity index (χ3v) is 1.98. The fourth-order valence-electron chi connectivity index (χ4n) is 1.17. The highest BCUT2D eigenvalue weighted by Crippen LogP contribution is 2.17. The molecule has 2 aromatic rings. The molecule has 4 nitrogen and oxygen atoms in total. The summed E-state index contributed by atoms with van der Waals surface area (Å²) in [4.78, 5) is 12.2. The van der Waals surface area contributed by atoms with Gasteiger partial charge in [0.2, 0.25) is 0 Å². The zero-order chi connectivity index (χ0) is 9.97. The Balaban J connectivity index is 2.48. The van der Waals surface area contributed by atoms with Gasteiger partial charge in [-0.2, -0.15) is 0 Å². The lowest BCUT2D eigenvalue weighted by molar-refractivity contribution is 1.19. The van der Waals surface area contributed by atoms with Gasteiger partial charge in [0, 0.05) is 24.2 Å². The average molecular weight is 186 g/mol. The van der Waals surface area contributed by atoms with E-state index < -0.39 is 0 Å². The molecule has 4 heteroatoms. The second kappa shape index (κ2) is 3.41. The summed E-state index contributed by atoms with van der Waals surface area (Å²) in [5.74, 6) is 0.553. The molecule has 0 unspecified atom stereocenters. The molecule has 14 heavy (non-hydrogen) atoms. The minimum Gasteiger partial charge on any atom is -0.383 e. The third-order valence-electron chi connectivity index (χ3n) is 1.98. The standard InChI is InChI=1S/C10H10N4/c1-7-4-8(5-14-10(7)11)9-6-12-2-3-13-9/h2-6H,1H3,(H2,11,14). The Morgan fingerprint density at radius 1 is 1.14 bits per heavy atom. The number of aromatic nitrogens is 3. The molecule has 2 aromatic heterocycles. The maximum absolute atomic E-state index is 5.62. The molecule has 0 aromatic carbocycles. The quantitative estimate of drug-likeness (QED) is 0.731. The predicted octanol–water partition coefficient (Wildman–Crippen LogP) is 1.43. The number of hydrogen-bond acceptors (Lipinski definition) is 4. The minimum atomic E-state index is 0.553. The topological polar surface area (TPSA) is 64.7 Å². The van der Waals surface area contributed by atoms with Crippen LogP contribution in [0.4, 0.5) is 5.82 Å². The number of hydrogen-bond donors (Lipinski definition) is 1. The van der Waals surface area contributed by atoms with Crippen molar-refractivity contribution in [1.82, 2.24) is 15.0 Å². The van der Waals surface area contributed by atoms with E-state index in [0.717, 1.165) is 16.8 Å². The summed E-state index contributed by atoms with van der Waals surface area (Å²) in [6.07, 6.45) is 6.70. The van der Waals surface area contributed by atoms with Crippen LogP contribution >= 0.6 is 0 Å². The van der Waals surface area contributed by atoms with E-state index in [2.05, 4.69) is 15.0 Å². The Kier molecular flexibility index (Phi) is 2.10. The normalized spacial score (nSPS) is 10.1. The third kappa shape index (κ3) is 1.54. The van der Waals surface area contributed by atoms with E-state index in [1.54, 1.807) is 24.8 Å².